The van der Waals surface area contributed by atoms with Gasteiger partial charge in [-0.25, -0.2) is 13.4 Å². The maximum Gasteiger partial charge on any atom is 0.257 e. The lowest BCUT2D eigenvalue weighted by atomic mass is 10.1. The first-order chi connectivity index (χ1) is 14.7. The summed E-state index contributed by atoms with van der Waals surface area (Å²) in [5, 5.41) is 5.88. The van der Waals surface area contributed by atoms with Gasteiger partial charge in [-0.15, -0.1) is 0 Å². The van der Waals surface area contributed by atoms with Gasteiger partial charge in [0.05, 0.1) is 15.1 Å². The van der Waals surface area contributed by atoms with Gasteiger partial charge in [-0.2, -0.15) is 4.31 Å². The number of sulfonamides is 1. The van der Waals surface area contributed by atoms with Crippen molar-refractivity contribution >= 4 is 54.2 Å². The van der Waals surface area contributed by atoms with Crippen molar-refractivity contribution in [1.29, 1.82) is 0 Å². The van der Waals surface area contributed by atoms with Crippen LogP contribution in [0.25, 0.3) is 10.2 Å². The molecule has 2 aromatic carbocycles. The first kappa shape index (κ1) is 21.4. The molecule has 0 aliphatic carbocycles. The van der Waals surface area contributed by atoms with Gasteiger partial charge in [0, 0.05) is 31.3 Å². The summed E-state index contributed by atoms with van der Waals surface area (Å²) in [7, 11) is -3.61. The van der Waals surface area contributed by atoms with Gasteiger partial charge in [0.25, 0.3) is 5.91 Å². The molecular formula is C21H22N4O4S2. The fraction of sp³-hybridized carbons (Fsp3) is 0.286. The van der Waals surface area contributed by atoms with Gasteiger partial charge in [0.15, 0.2) is 5.13 Å². The highest BCUT2D eigenvalue weighted by atomic mass is 32.2. The molecule has 1 aliphatic rings. The molecule has 0 saturated carbocycles. The van der Waals surface area contributed by atoms with Crippen molar-refractivity contribution in [3.05, 3.63) is 47.5 Å². The Morgan fingerprint density at radius 2 is 1.81 bits per heavy atom. The van der Waals surface area contributed by atoms with E-state index in [4.69, 9.17) is 0 Å². The SMILES string of the molecule is CC(=O)Nc1ccc2nc(NC(=O)c3cc(S(=O)(=O)N4CCCC4)ccc3C)sc2c1. The second-order valence-electron chi connectivity index (χ2n) is 7.42. The highest BCUT2D eigenvalue weighted by Gasteiger charge is 2.28. The zero-order valence-corrected chi connectivity index (χ0v) is 18.8. The van der Waals surface area contributed by atoms with E-state index in [1.165, 1.54) is 28.6 Å². The normalized spacial score (nSPS) is 14.6. The number of anilines is 2. The molecule has 3 aromatic rings. The Hall–Kier alpha value is -2.82. The van der Waals surface area contributed by atoms with E-state index in [9.17, 15) is 18.0 Å². The van der Waals surface area contributed by atoms with Gasteiger partial charge >= 0.3 is 0 Å². The zero-order valence-electron chi connectivity index (χ0n) is 17.1. The lowest BCUT2D eigenvalue weighted by Crippen LogP contribution is -2.28. The predicted molar refractivity (Wildman–Crippen MR) is 121 cm³/mol. The van der Waals surface area contributed by atoms with Crippen LogP contribution in [0.2, 0.25) is 0 Å². The molecule has 10 heteroatoms. The molecule has 31 heavy (non-hydrogen) atoms. The maximum atomic E-state index is 12.9. The predicted octanol–water partition coefficient (Wildman–Crippen LogP) is 3.60. The van der Waals surface area contributed by atoms with Gasteiger partial charge in [-0.1, -0.05) is 17.4 Å². The van der Waals surface area contributed by atoms with E-state index < -0.39 is 15.9 Å². The number of hydrogen-bond acceptors (Lipinski definition) is 6. The number of carbonyl (C=O) groups is 2. The van der Waals surface area contributed by atoms with Crippen LogP contribution >= 0.6 is 11.3 Å². The molecule has 1 saturated heterocycles. The first-order valence-corrected chi connectivity index (χ1v) is 12.1. The molecule has 2 N–H and O–H groups in total. The smallest absolute Gasteiger partial charge is 0.257 e. The molecule has 0 atom stereocenters. The molecule has 2 heterocycles. The number of thiazole rings is 1. The average molecular weight is 459 g/mol. The number of amides is 2. The number of nitrogens with zero attached hydrogens (tertiary/aromatic N) is 2. The van der Waals surface area contributed by atoms with E-state index in [0.29, 0.717) is 40.6 Å². The number of nitrogens with one attached hydrogen (secondary N) is 2. The van der Waals surface area contributed by atoms with Gasteiger partial charge in [0.1, 0.15) is 0 Å². The highest BCUT2D eigenvalue weighted by Crippen LogP contribution is 2.29. The van der Waals surface area contributed by atoms with Crippen molar-refractivity contribution in [2.45, 2.75) is 31.6 Å². The molecule has 8 nitrogen and oxygen atoms in total. The third kappa shape index (κ3) is 4.46. The van der Waals surface area contributed by atoms with Crippen LogP contribution in [0.3, 0.4) is 0 Å². The van der Waals surface area contributed by atoms with Gasteiger partial charge < -0.3 is 5.32 Å². The van der Waals surface area contributed by atoms with Crippen LogP contribution in [0, 0.1) is 6.92 Å². The van der Waals surface area contributed by atoms with Crippen LogP contribution in [0.4, 0.5) is 10.8 Å². The molecule has 1 aliphatic heterocycles. The van der Waals surface area contributed by atoms with Crippen LogP contribution in [0.1, 0.15) is 35.7 Å². The van der Waals surface area contributed by atoms with E-state index in [2.05, 4.69) is 15.6 Å². The number of hydrogen-bond donors (Lipinski definition) is 2. The average Bonchev–Trinajstić information content (AvgIpc) is 3.37. The Balaban J connectivity index is 1.59. The summed E-state index contributed by atoms with van der Waals surface area (Å²) in [4.78, 5) is 28.7. The van der Waals surface area contributed by atoms with Crippen LogP contribution in [0.15, 0.2) is 41.3 Å². The van der Waals surface area contributed by atoms with Crippen molar-refractivity contribution in [2.75, 3.05) is 23.7 Å². The molecule has 0 spiro atoms. The van der Waals surface area contributed by atoms with Crippen LogP contribution in [0.5, 0.6) is 0 Å². The van der Waals surface area contributed by atoms with Crippen molar-refractivity contribution < 1.29 is 18.0 Å². The van der Waals surface area contributed by atoms with Crippen LogP contribution in [-0.4, -0.2) is 42.6 Å². The Bertz CT molecular complexity index is 1280. The number of aryl methyl sites for hydroxylation is 1. The van der Waals surface area contributed by atoms with Gasteiger partial charge in [0.2, 0.25) is 15.9 Å². The Kier molecular flexibility index (Phi) is 5.78. The van der Waals surface area contributed by atoms with E-state index in [1.54, 1.807) is 37.3 Å². The van der Waals surface area contributed by atoms with E-state index >= 15 is 0 Å². The maximum absolute atomic E-state index is 12.9. The van der Waals surface area contributed by atoms with Crippen molar-refractivity contribution in [1.82, 2.24) is 9.29 Å². The fourth-order valence-electron chi connectivity index (χ4n) is 3.51. The minimum absolute atomic E-state index is 0.120. The second-order valence-corrected chi connectivity index (χ2v) is 10.4. The summed E-state index contributed by atoms with van der Waals surface area (Å²) in [6, 6.07) is 9.92. The Morgan fingerprint density at radius 3 is 2.52 bits per heavy atom. The van der Waals surface area contributed by atoms with Gasteiger partial charge in [-0.05, 0) is 55.7 Å². The largest absolute Gasteiger partial charge is 0.326 e. The molecule has 162 valence electrons. The number of aromatic nitrogens is 1. The summed E-state index contributed by atoms with van der Waals surface area (Å²) in [6.45, 7) is 4.20. The minimum atomic E-state index is -3.61. The number of rotatable bonds is 5. The lowest BCUT2D eigenvalue weighted by molar-refractivity contribution is -0.114. The summed E-state index contributed by atoms with van der Waals surface area (Å²) in [5.74, 6) is -0.589. The summed E-state index contributed by atoms with van der Waals surface area (Å²) >= 11 is 1.28. The molecule has 0 bridgehead atoms. The minimum Gasteiger partial charge on any atom is -0.326 e. The van der Waals surface area contributed by atoms with Crippen LogP contribution < -0.4 is 10.6 Å². The third-order valence-electron chi connectivity index (χ3n) is 5.09. The Morgan fingerprint density at radius 1 is 1.06 bits per heavy atom. The number of benzene rings is 2. The lowest BCUT2D eigenvalue weighted by Gasteiger charge is -2.16. The molecular weight excluding hydrogens is 436 g/mol. The Labute approximate surface area is 184 Å². The van der Waals surface area contributed by atoms with E-state index in [1.807, 2.05) is 0 Å². The van der Waals surface area contributed by atoms with Crippen molar-refractivity contribution in [2.24, 2.45) is 0 Å². The molecule has 2 amide bonds. The molecule has 4 rings (SSSR count). The number of carbonyl (C=O) groups excluding carboxylic acids is 2. The van der Waals surface area contributed by atoms with Crippen molar-refractivity contribution in [3.63, 3.8) is 0 Å². The quantitative estimate of drug-likeness (QED) is 0.607. The summed E-state index contributed by atoms with van der Waals surface area (Å²) in [5.41, 5.74) is 2.30. The standard InChI is InChI=1S/C21H22N4O4S2/c1-13-5-7-16(31(28,29)25-9-3-4-10-25)12-17(13)20(27)24-21-23-18-8-6-15(22-14(2)26)11-19(18)30-21/h5-8,11-12H,3-4,9-10H2,1-2H3,(H,22,26)(H,23,24,27). The van der Waals surface area contributed by atoms with E-state index in [0.717, 1.165) is 17.5 Å². The summed E-state index contributed by atoms with van der Waals surface area (Å²) in [6.07, 6.45) is 1.69. The first-order valence-electron chi connectivity index (χ1n) is 9.84. The van der Waals surface area contributed by atoms with Gasteiger partial charge in [-0.3, -0.25) is 14.9 Å². The molecule has 0 radical (unpaired) electrons. The number of fused-ring (bicyclic) bond motifs is 1. The highest BCUT2D eigenvalue weighted by molar-refractivity contribution is 7.89. The summed E-state index contributed by atoms with van der Waals surface area (Å²) < 4.78 is 28.0. The van der Waals surface area contributed by atoms with Crippen LogP contribution in [-0.2, 0) is 14.8 Å². The topological polar surface area (TPSA) is 108 Å². The van der Waals surface area contributed by atoms with Crippen molar-refractivity contribution in [3.8, 4) is 0 Å². The zero-order chi connectivity index (χ0) is 22.2. The monoisotopic (exact) mass is 458 g/mol. The van der Waals surface area contributed by atoms with E-state index in [-0.39, 0.29) is 10.8 Å². The fourth-order valence-corrected chi connectivity index (χ4v) is 5.95. The third-order valence-corrected chi connectivity index (χ3v) is 7.91. The second kappa shape index (κ2) is 8.37. The molecule has 1 fully saturated rings. The molecule has 1 aromatic heterocycles. The molecule has 0 unspecified atom stereocenters.